The van der Waals surface area contributed by atoms with Gasteiger partial charge in [0.05, 0.1) is 6.04 Å². The number of likely N-dealkylation sites (tertiary alicyclic amines) is 1. The number of carbonyl (C=O) groups excluding carboxylic acids is 2. The van der Waals surface area contributed by atoms with Crippen LogP contribution in [0.3, 0.4) is 0 Å². The summed E-state index contributed by atoms with van der Waals surface area (Å²) in [6.07, 6.45) is 2.60. The summed E-state index contributed by atoms with van der Waals surface area (Å²) in [6.45, 7) is 0.518. The largest absolute Gasteiger partial charge is 0.361 e. The van der Waals surface area contributed by atoms with Crippen molar-refractivity contribution in [1.82, 2.24) is 4.90 Å². The molecule has 0 aliphatic carbocycles. The van der Waals surface area contributed by atoms with E-state index >= 15 is 0 Å². The van der Waals surface area contributed by atoms with Gasteiger partial charge in [0.15, 0.2) is 0 Å². The minimum Gasteiger partial charge on any atom is -0.361 e. The van der Waals surface area contributed by atoms with Gasteiger partial charge in [-0.3, -0.25) is 9.59 Å². The summed E-state index contributed by atoms with van der Waals surface area (Å²) >= 11 is 0. The first-order chi connectivity index (χ1) is 8.59. The van der Waals surface area contributed by atoms with E-state index in [2.05, 4.69) is 0 Å². The van der Waals surface area contributed by atoms with Crippen molar-refractivity contribution in [3.63, 3.8) is 0 Å². The third kappa shape index (κ3) is 2.50. The fourth-order valence-electron chi connectivity index (χ4n) is 2.35. The van der Waals surface area contributed by atoms with Crippen LogP contribution in [0.5, 0.6) is 0 Å². The summed E-state index contributed by atoms with van der Waals surface area (Å²) < 4.78 is 12.9. The zero-order valence-corrected chi connectivity index (χ0v) is 9.93. The second kappa shape index (κ2) is 5.16. The number of rotatable bonds is 1. The molecule has 1 aliphatic rings. The Hall–Kier alpha value is -1.91. The first kappa shape index (κ1) is 12.5. The number of hydrogen-bond acceptors (Lipinski definition) is 2. The van der Waals surface area contributed by atoms with Crippen molar-refractivity contribution in [2.75, 3.05) is 6.54 Å². The molecule has 0 radical (unpaired) electrons. The summed E-state index contributed by atoms with van der Waals surface area (Å²) in [5.74, 6) is -1.92. The van der Waals surface area contributed by atoms with E-state index in [9.17, 15) is 14.0 Å². The normalized spacial score (nSPS) is 19.6. The van der Waals surface area contributed by atoms with Crippen molar-refractivity contribution in [3.05, 3.63) is 35.6 Å². The summed E-state index contributed by atoms with van der Waals surface area (Å²) in [4.78, 5) is 24.2. The van der Waals surface area contributed by atoms with Gasteiger partial charge in [-0.05, 0) is 37.0 Å². The third-order valence-corrected chi connectivity index (χ3v) is 3.23. The van der Waals surface area contributed by atoms with Gasteiger partial charge in [0.1, 0.15) is 5.82 Å². The predicted molar refractivity (Wildman–Crippen MR) is 63.9 cm³/mol. The van der Waals surface area contributed by atoms with Crippen LogP contribution in [0.25, 0.3) is 0 Å². The summed E-state index contributed by atoms with van der Waals surface area (Å²) in [7, 11) is 0. The van der Waals surface area contributed by atoms with Gasteiger partial charge in [0.2, 0.25) is 0 Å². The topological polar surface area (TPSA) is 63.4 Å². The van der Waals surface area contributed by atoms with Crippen LogP contribution in [0.15, 0.2) is 24.3 Å². The van der Waals surface area contributed by atoms with Crippen LogP contribution < -0.4 is 5.73 Å². The van der Waals surface area contributed by atoms with Crippen molar-refractivity contribution in [2.24, 2.45) is 5.73 Å². The monoisotopic (exact) mass is 250 g/mol. The lowest BCUT2D eigenvalue weighted by molar-refractivity contribution is -0.146. The smallest absolute Gasteiger partial charge is 0.312 e. The van der Waals surface area contributed by atoms with E-state index in [1.165, 1.54) is 17.0 Å². The number of nitrogens with two attached hydrogens (primary N) is 1. The van der Waals surface area contributed by atoms with E-state index in [-0.39, 0.29) is 11.9 Å². The molecule has 0 aromatic heterocycles. The first-order valence-electron chi connectivity index (χ1n) is 5.95. The molecule has 2 amide bonds. The minimum atomic E-state index is -0.941. The van der Waals surface area contributed by atoms with Crippen molar-refractivity contribution in [1.29, 1.82) is 0 Å². The van der Waals surface area contributed by atoms with Crippen molar-refractivity contribution < 1.29 is 14.0 Å². The molecule has 1 fully saturated rings. The highest BCUT2D eigenvalue weighted by molar-refractivity contribution is 6.34. The van der Waals surface area contributed by atoms with Crippen LogP contribution in [0.1, 0.15) is 30.9 Å². The van der Waals surface area contributed by atoms with E-state index in [0.717, 1.165) is 24.8 Å². The molecule has 0 bridgehead atoms. The predicted octanol–water partition coefficient (Wildman–Crippen LogP) is 1.36. The van der Waals surface area contributed by atoms with Gasteiger partial charge in [-0.15, -0.1) is 0 Å². The fourth-order valence-corrected chi connectivity index (χ4v) is 2.35. The first-order valence-corrected chi connectivity index (χ1v) is 5.95. The van der Waals surface area contributed by atoms with Crippen LogP contribution in [0.2, 0.25) is 0 Å². The average molecular weight is 250 g/mol. The molecule has 1 aromatic rings. The van der Waals surface area contributed by atoms with Crippen molar-refractivity contribution in [2.45, 2.75) is 25.3 Å². The number of amides is 2. The van der Waals surface area contributed by atoms with Gasteiger partial charge in [0.25, 0.3) is 0 Å². The molecule has 2 rings (SSSR count). The van der Waals surface area contributed by atoms with Gasteiger partial charge in [-0.1, -0.05) is 12.1 Å². The lowest BCUT2D eigenvalue weighted by Gasteiger charge is -2.35. The van der Waals surface area contributed by atoms with Gasteiger partial charge >= 0.3 is 11.8 Å². The molecule has 2 N–H and O–H groups in total. The molecule has 0 spiro atoms. The molecule has 1 aliphatic heterocycles. The van der Waals surface area contributed by atoms with Gasteiger partial charge < -0.3 is 10.6 Å². The Labute approximate surface area is 105 Å². The Morgan fingerprint density at radius 2 is 1.89 bits per heavy atom. The van der Waals surface area contributed by atoms with Gasteiger partial charge in [0, 0.05) is 6.54 Å². The molecule has 1 atom stereocenters. The summed E-state index contributed by atoms with van der Waals surface area (Å²) in [5.41, 5.74) is 5.88. The molecule has 18 heavy (non-hydrogen) atoms. The summed E-state index contributed by atoms with van der Waals surface area (Å²) in [5, 5.41) is 0. The Balaban J connectivity index is 2.25. The lowest BCUT2D eigenvalue weighted by atomic mass is 9.95. The zero-order valence-electron chi connectivity index (χ0n) is 9.93. The molecular formula is C13H15FN2O2. The zero-order chi connectivity index (χ0) is 13.1. The van der Waals surface area contributed by atoms with Crippen molar-refractivity contribution >= 4 is 11.8 Å². The molecule has 4 nitrogen and oxygen atoms in total. The number of carbonyl (C=O) groups is 2. The highest BCUT2D eigenvalue weighted by atomic mass is 19.1. The second-order valence-electron chi connectivity index (χ2n) is 4.43. The number of primary amides is 1. The van der Waals surface area contributed by atoms with Gasteiger partial charge in [-0.25, -0.2) is 4.39 Å². The van der Waals surface area contributed by atoms with Crippen LogP contribution in [0, 0.1) is 5.82 Å². The van der Waals surface area contributed by atoms with Crippen LogP contribution >= 0.6 is 0 Å². The Kier molecular flexibility index (Phi) is 3.60. The molecule has 0 unspecified atom stereocenters. The maximum absolute atomic E-state index is 12.9. The maximum atomic E-state index is 12.9. The quantitative estimate of drug-likeness (QED) is 0.765. The molecule has 1 aromatic carbocycles. The number of benzene rings is 1. The fraction of sp³-hybridized carbons (Fsp3) is 0.385. The average Bonchev–Trinajstić information content (AvgIpc) is 2.39. The minimum absolute atomic E-state index is 0.181. The number of hydrogen-bond donors (Lipinski definition) is 1. The van der Waals surface area contributed by atoms with E-state index in [1.807, 2.05) is 0 Å². The lowest BCUT2D eigenvalue weighted by Crippen LogP contribution is -2.44. The third-order valence-electron chi connectivity index (χ3n) is 3.23. The molecule has 5 heteroatoms. The van der Waals surface area contributed by atoms with Crippen molar-refractivity contribution in [3.8, 4) is 0 Å². The van der Waals surface area contributed by atoms with Crippen LogP contribution in [-0.2, 0) is 9.59 Å². The molecule has 96 valence electrons. The Morgan fingerprint density at radius 3 is 2.50 bits per heavy atom. The Morgan fingerprint density at radius 1 is 1.22 bits per heavy atom. The summed E-state index contributed by atoms with van der Waals surface area (Å²) in [6, 6.07) is 5.83. The number of piperidine rings is 1. The SMILES string of the molecule is NC(=O)C(=O)N1CCCC[C@H]1c1ccc(F)cc1. The molecular weight excluding hydrogens is 235 g/mol. The number of nitrogens with zero attached hydrogens (tertiary/aromatic N) is 1. The Bertz CT molecular complexity index is 459. The molecule has 1 heterocycles. The van der Waals surface area contributed by atoms with Crippen LogP contribution in [-0.4, -0.2) is 23.3 Å². The number of halogens is 1. The van der Waals surface area contributed by atoms with E-state index in [0.29, 0.717) is 6.54 Å². The van der Waals surface area contributed by atoms with Crippen LogP contribution in [0.4, 0.5) is 4.39 Å². The van der Waals surface area contributed by atoms with E-state index in [1.54, 1.807) is 12.1 Å². The highest BCUT2D eigenvalue weighted by Gasteiger charge is 2.30. The molecule has 0 saturated carbocycles. The van der Waals surface area contributed by atoms with E-state index < -0.39 is 11.8 Å². The standard InChI is InChI=1S/C13H15FN2O2/c14-10-6-4-9(5-7-10)11-3-1-2-8-16(11)13(18)12(15)17/h4-7,11H,1-3,8H2,(H2,15,17)/t11-/m0/s1. The second-order valence-corrected chi connectivity index (χ2v) is 4.43. The highest BCUT2D eigenvalue weighted by Crippen LogP contribution is 2.30. The molecule has 1 saturated heterocycles. The van der Waals surface area contributed by atoms with Gasteiger partial charge in [-0.2, -0.15) is 0 Å². The maximum Gasteiger partial charge on any atom is 0.312 e. The van der Waals surface area contributed by atoms with E-state index in [4.69, 9.17) is 5.73 Å².